The van der Waals surface area contributed by atoms with Crippen LogP contribution < -0.4 is 5.73 Å². The largest absolute Gasteiger partial charge is 0.370 e. The molecule has 9 nitrogen and oxygen atoms in total. The summed E-state index contributed by atoms with van der Waals surface area (Å²) in [6, 6.07) is 0. The molecule has 1 fully saturated rings. The van der Waals surface area contributed by atoms with Crippen LogP contribution in [0.2, 0.25) is 0 Å². The molecule has 26 heavy (non-hydrogen) atoms. The van der Waals surface area contributed by atoms with Crippen LogP contribution in [0.15, 0.2) is 0 Å². The molecule has 2 rings (SSSR count). The third-order valence-corrected chi connectivity index (χ3v) is 6.01. The van der Waals surface area contributed by atoms with Gasteiger partial charge in [0.25, 0.3) is 0 Å². The number of carbonyl (C=O) groups excluding carboxylic acids is 1. The van der Waals surface area contributed by atoms with Gasteiger partial charge in [-0.05, 0) is 18.1 Å². The first kappa shape index (κ1) is 21.0. The second-order valence-corrected chi connectivity index (χ2v) is 9.44. The van der Waals surface area contributed by atoms with E-state index in [2.05, 4.69) is 23.8 Å². The zero-order valence-electron chi connectivity index (χ0n) is 15.6. The molecule has 1 amide bonds. The van der Waals surface area contributed by atoms with Gasteiger partial charge < -0.3 is 10.3 Å². The van der Waals surface area contributed by atoms with Gasteiger partial charge in [0.2, 0.25) is 15.9 Å². The van der Waals surface area contributed by atoms with Crippen molar-refractivity contribution < 1.29 is 13.2 Å². The number of rotatable bonds is 8. The van der Waals surface area contributed by atoms with Gasteiger partial charge in [-0.3, -0.25) is 9.69 Å². The molecule has 0 atom stereocenters. The molecule has 2 heterocycles. The Kier molecular flexibility index (Phi) is 6.94. The minimum atomic E-state index is -3.15. The summed E-state index contributed by atoms with van der Waals surface area (Å²) in [7, 11) is -3.15. The lowest BCUT2D eigenvalue weighted by molar-refractivity contribution is -0.118. The van der Waals surface area contributed by atoms with E-state index >= 15 is 0 Å². The highest BCUT2D eigenvalue weighted by atomic mass is 32.2. The summed E-state index contributed by atoms with van der Waals surface area (Å²) in [6.07, 6.45) is 1.93. The number of amides is 1. The summed E-state index contributed by atoms with van der Waals surface area (Å²) in [4.78, 5) is 13.2. The molecule has 0 bridgehead atoms. The normalized spacial score (nSPS) is 17.1. The Labute approximate surface area is 159 Å². The first-order chi connectivity index (χ1) is 12.1. The van der Waals surface area contributed by atoms with Gasteiger partial charge in [-0.25, -0.2) is 13.1 Å². The van der Waals surface area contributed by atoms with E-state index in [1.165, 1.54) is 10.6 Å². The Balaban J connectivity index is 2.12. The van der Waals surface area contributed by atoms with Crippen molar-refractivity contribution >= 4 is 28.1 Å². The van der Waals surface area contributed by atoms with Gasteiger partial charge in [-0.15, -0.1) is 0 Å². The van der Waals surface area contributed by atoms with Crippen LogP contribution in [0.3, 0.4) is 0 Å². The fourth-order valence-electron chi connectivity index (χ4n) is 2.94. The number of piperazine rings is 1. The Morgan fingerprint density at radius 1 is 1.27 bits per heavy atom. The van der Waals surface area contributed by atoms with Crippen molar-refractivity contribution in [3.63, 3.8) is 0 Å². The summed E-state index contributed by atoms with van der Waals surface area (Å²) in [6.45, 7) is 7.62. The smallest absolute Gasteiger partial charge is 0.217 e. The summed E-state index contributed by atoms with van der Waals surface area (Å²) in [5.74, 6) is 0.792. The van der Waals surface area contributed by atoms with Crippen LogP contribution in [0.5, 0.6) is 0 Å². The van der Waals surface area contributed by atoms with Gasteiger partial charge in [-0.2, -0.15) is 9.40 Å². The first-order valence-electron chi connectivity index (χ1n) is 8.70. The Hall–Kier alpha value is -1.30. The quantitative estimate of drug-likeness (QED) is 0.613. The van der Waals surface area contributed by atoms with Crippen LogP contribution in [0.4, 0.5) is 0 Å². The molecule has 0 radical (unpaired) electrons. The van der Waals surface area contributed by atoms with Crippen LogP contribution in [0.1, 0.15) is 26.1 Å². The van der Waals surface area contributed by atoms with E-state index in [1.54, 1.807) is 4.68 Å². The van der Waals surface area contributed by atoms with Gasteiger partial charge in [0.1, 0.15) is 5.82 Å². The third-order valence-electron chi connectivity index (χ3n) is 4.28. The van der Waals surface area contributed by atoms with Crippen LogP contribution in [-0.4, -0.2) is 70.3 Å². The zero-order chi connectivity index (χ0) is 19.5. The van der Waals surface area contributed by atoms with E-state index in [0.29, 0.717) is 50.0 Å². The van der Waals surface area contributed by atoms with Crippen LogP contribution in [0, 0.1) is 10.7 Å². The average Bonchev–Trinajstić information content (AvgIpc) is 2.81. The number of nitrogens with two attached hydrogens (primary N) is 1. The number of sulfonamides is 1. The SMILES string of the molecule is CC(C)Cn1c(CCC(N)=O)nn(CN2CCN(S(C)(=O)=O)CC2)c1=S. The number of aryl methyl sites for hydroxylation is 1. The van der Waals surface area contributed by atoms with Crippen LogP contribution in [0.25, 0.3) is 0 Å². The molecular formula is C15H28N6O3S2. The standard InChI is InChI=1S/C15H28N6O3S2/c1-12(2)10-20-14(5-4-13(16)22)17-21(15(20)25)11-18-6-8-19(9-7-18)26(3,23)24/h12H,4-11H2,1-3H3,(H2,16,22). The summed E-state index contributed by atoms with van der Waals surface area (Å²) in [5.41, 5.74) is 5.26. The molecule has 1 aliphatic heterocycles. The molecule has 1 saturated heterocycles. The van der Waals surface area contributed by atoms with Crippen molar-refractivity contribution in [3.05, 3.63) is 10.6 Å². The zero-order valence-corrected chi connectivity index (χ0v) is 17.2. The predicted molar refractivity (Wildman–Crippen MR) is 101 cm³/mol. The molecule has 1 aromatic rings. The maximum atomic E-state index is 11.6. The van der Waals surface area contributed by atoms with Gasteiger partial charge in [0, 0.05) is 45.6 Å². The van der Waals surface area contributed by atoms with Gasteiger partial charge in [0.15, 0.2) is 4.77 Å². The number of aromatic nitrogens is 3. The molecule has 0 aromatic carbocycles. The highest BCUT2D eigenvalue weighted by molar-refractivity contribution is 7.88. The highest BCUT2D eigenvalue weighted by Gasteiger charge is 2.24. The van der Waals surface area contributed by atoms with Gasteiger partial charge >= 0.3 is 0 Å². The van der Waals surface area contributed by atoms with E-state index in [1.807, 2.05) is 4.57 Å². The maximum absolute atomic E-state index is 11.6. The lowest BCUT2D eigenvalue weighted by Crippen LogP contribution is -2.48. The van der Waals surface area contributed by atoms with Crippen molar-refractivity contribution in [2.24, 2.45) is 11.7 Å². The Morgan fingerprint density at radius 3 is 2.38 bits per heavy atom. The lowest BCUT2D eigenvalue weighted by atomic mass is 10.2. The molecule has 0 aliphatic carbocycles. The van der Waals surface area contributed by atoms with Gasteiger partial charge in [0.05, 0.1) is 12.9 Å². The first-order valence-corrected chi connectivity index (χ1v) is 11.0. The molecular weight excluding hydrogens is 376 g/mol. The molecule has 11 heteroatoms. The summed E-state index contributed by atoms with van der Waals surface area (Å²) < 4.78 is 29.1. The Morgan fingerprint density at radius 2 is 1.88 bits per heavy atom. The highest BCUT2D eigenvalue weighted by Crippen LogP contribution is 2.11. The maximum Gasteiger partial charge on any atom is 0.217 e. The molecule has 0 saturated carbocycles. The summed E-state index contributed by atoms with van der Waals surface area (Å²) >= 11 is 5.58. The fraction of sp³-hybridized carbons (Fsp3) is 0.800. The predicted octanol–water partition coefficient (Wildman–Crippen LogP) is 0.0227. The molecule has 1 aliphatic rings. The van der Waals surface area contributed by atoms with E-state index < -0.39 is 10.0 Å². The molecule has 0 unspecified atom stereocenters. The van der Waals surface area contributed by atoms with Crippen molar-refractivity contribution in [3.8, 4) is 0 Å². The molecule has 2 N–H and O–H groups in total. The summed E-state index contributed by atoms with van der Waals surface area (Å²) in [5, 5.41) is 4.59. The Bertz CT molecular complexity index is 791. The van der Waals surface area contributed by atoms with E-state index in [0.717, 1.165) is 12.4 Å². The topological polar surface area (TPSA) is 106 Å². The fourth-order valence-corrected chi connectivity index (χ4v) is 4.04. The average molecular weight is 405 g/mol. The number of hydrogen-bond donors (Lipinski definition) is 1. The van der Waals surface area contributed by atoms with Crippen LogP contribution >= 0.6 is 12.2 Å². The van der Waals surface area contributed by atoms with Crippen molar-refractivity contribution in [2.75, 3.05) is 32.4 Å². The monoisotopic (exact) mass is 404 g/mol. The van der Waals surface area contributed by atoms with Gasteiger partial charge in [-0.1, -0.05) is 13.8 Å². The number of nitrogens with zero attached hydrogens (tertiary/aromatic N) is 5. The minimum absolute atomic E-state index is 0.233. The van der Waals surface area contributed by atoms with E-state index in [9.17, 15) is 13.2 Å². The molecule has 0 spiro atoms. The van der Waals surface area contributed by atoms with E-state index in [-0.39, 0.29) is 12.3 Å². The van der Waals surface area contributed by atoms with Crippen molar-refractivity contribution in [2.45, 2.75) is 39.9 Å². The lowest BCUT2D eigenvalue weighted by Gasteiger charge is -2.32. The number of carbonyl (C=O) groups is 1. The second kappa shape index (κ2) is 8.59. The number of hydrogen-bond acceptors (Lipinski definition) is 6. The second-order valence-electron chi connectivity index (χ2n) is 7.09. The molecule has 148 valence electrons. The molecule has 1 aromatic heterocycles. The third kappa shape index (κ3) is 5.60. The number of primary amides is 1. The van der Waals surface area contributed by atoms with E-state index in [4.69, 9.17) is 18.0 Å². The van der Waals surface area contributed by atoms with Crippen molar-refractivity contribution in [1.82, 2.24) is 23.6 Å². The van der Waals surface area contributed by atoms with Crippen LogP contribution in [-0.2, 0) is 34.5 Å². The van der Waals surface area contributed by atoms with Crippen molar-refractivity contribution in [1.29, 1.82) is 0 Å². The minimum Gasteiger partial charge on any atom is -0.370 e.